The second-order valence-corrected chi connectivity index (χ2v) is 8.47. The number of benzene rings is 2. The lowest BCUT2D eigenvalue weighted by atomic mass is 10.0. The molecule has 0 spiro atoms. The van der Waals surface area contributed by atoms with E-state index in [1.165, 1.54) is 6.33 Å². The largest absolute Gasteiger partial charge is 0.383 e. The lowest BCUT2D eigenvalue weighted by molar-refractivity contribution is 0.103. The van der Waals surface area contributed by atoms with Crippen molar-refractivity contribution in [3.8, 4) is 0 Å². The molecule has 0 aliphatic carbocycles. The number of methoxy groups -OCH3 is 1. The number of carbonyl (C=O) groups excluding carboxylic acids is 1. The van der Waals surface area contributed by atoms with Gasteiger partial charge in [-0.2, -0.15) is 0 Å². The number of pyridine rings is 1. The molecule has 178 valence electrons. The van der Waals surface area contributed by atoms with Crippen molar-refractivity contribution >= 4 is 28.2 Å². The Morgan fingerprint density at radius 2 is 1.64 bits per heavy atom. The molecule has 0 fully saturated rings. The number of hydrogen-bond acceptors (Lipinski definition) is 6. The van der Waals surface area contributed by atoms with Crippen LogP contribution >= 0.6 is 0 Å². The van der Waals surface area contributed by atoms with Crippen LogP contribution in [0.4, 0.5) is 5.69 Å². The molecule has 0 saturated heterocycles. The number of hydrogen-bond donors (Lipinski definition) is 0. The van der Waals surface area contributed by atoms with Gasteiger partial charge in [0.1, 0.15) is 12.0 Å². The summed E-state index contributed by atoms with van der Waals surface area (Å²) in [6.45, 7) is 2.51. The molecule has 36 heavy (non-hydrogen) atoms. The first-order valence-electron chi connectivity index (χ1n) is 11.6. The molecule has 0 bridgehead atoms. The highest BCUT2D eigenvalue weighted by Crippen LogP contribution is 2.26. The van der Waals surface area contributed by atoms with Crippen molar-refractivity contribution in [2.75, 3.05) is 13.7 Å². The Balaban J connectivity index is 1.56. The summed E-state index contributed by atoms with van der Waals surface area (Å²) in [6, 6.07) is 21.7. The van der Waals surface area contributed by atoms with Crippen LogP contribution in [0.2, 0.25) is 0 Å². The van der Waals surface area contributed by atoms with Gasteiger partial charge in [0, 0.05) is 47.8 Å². The summed E-state index contributed by atoms with van der Waals surface area (Å²) >= 11 is 0. The standard InChI is InChI=1S/C29H25N5O2/c1-20(18-36-2)34-17-26(25-16-31-19-32-29(25)34)28(35)23-13-24(15-30-14-23)33-27(21-9-5-3-6-10-21)22-11-7-4-8-12-22/h3-17,19-20H,18H2,1-2H3/t20-/m0/s1. The number of aromatic nitrogens is 4. The van der Waals surface area contributed by atoms with Gasteiger partial charge in [-0.15, -0.1) is 0 Å². The molecular weight excluding hydrogens is 450 g/mol. The molecule has 7 heteroatoms. The van der Waals surface area contributed by atoms with Gasteiger partial charge in [-0.05, 0) is 13.0 Å². The van der Waals surface area contributed by atoms with Crippen molar-refractivity contribution in [2.45, 2.75) is 13.0 Å². The van der Waals surface area contributed by atoms with Crippen LogP contribution in [-0.2, 0) is 4.74 Å². The van der Waals surface area contributed by atoms with Gasteiger partial charge in [-0.25, -0.2) is 15.0 Å². The van der Waals surface area contributed by atoms with E-state index in [1.807, 2.05) is 78.4 Å². The van der Waals surface area contributed by atoms with Gasteiger partial charge in [0.2, 0.25) is 0 Å². The van der Waals surface area contributed by atoms with Crippen LogP contribution < -0.4 is 0 Å². The third-order valence-corrected chi connectivity index (χ3v) is 5.94. The summed E-state index contributed by atoms with van der Waals surface area (Å²) < 4.78 is 7.26. The second kappa shape index (κ2) is 10.4. The fraction of sp³-hybridized carbons (Fsp3) is 0.138. The number of rotatable bonds is 8. The molecule has 3 heterocycles. The Labute approximate surface area is 209 Å². The molecule has 0 saturated carbocycles. The van der Waals surface area contributed by atoms with Crippen molar-refractivity contribution < 1.29 is 9.53 Å². The average molecular weight is 476 g/mol. The van der Waals surface area contributed by atoms with E-state index >= 15 is 0 Å². The molecular formula is C29H25N5O2. The van der Waals surface area contributed by atoms with E-state index in [0.29, 0.717) is 34.5 Å². The number of ether oxygens (including phenoxy) is 1. The Kier molecular flexibility index (Phi) is 6.73. The molecule has 5 aromatic rings. The molecule has 0 amide bonds. The molecule has 2 aromatic carbocycles. The zero-order valence-electron chi connectivity index (χ0n) is 20.1. The average Bonchev–Trinajstić information content (AvgIpc) is 3.32. The van der Waals surface area contributed by atoms with Crippen LogP contribution in [0.5, 0.6) is 0 Å². The zero-order chi connectivity index (χ0) is 24.9. The Bertz CT molecular complexity index is 1490. The highest BCUT2D eigenvalue weighted by Gasteiger charge is 2.21. The lowest BCUT2D eigenvalue weighted by Crippen LogP contribution is -2.10. The first kappa shape index (κ1) is 23.3. The number of carbonyl (C=O) groups is 1. The first-order chi connectivity index (χ1) is 17.7. The summed E-state index contributed by atoms with van der Waals surface area (Å²) in [7, 11) is 1.65. The SMILES string of the molecule is COC[C@H](C)n1cc(C(=O)c2cncc(N=C(c3ccccc3)c3ccccc3)c2)c2cncnc21. The smallest absolute Gasteiger partial charge is 0.196 e. The normalized spacial score (nSPS) is 11.8. The van der Waals surface area contributed by atoms with Crippen molar-refractivity contribution in [3.05, 3.63) is 120 Å². The predicted octanol–water partition coefficient (Wildman–Crippen LogP) is 5.43. The van der Waals surface area contributed by atoms with E-state index in [2.05, 4.69) is 15.0 Å². The summed E-state index contributed by atoms with van der Waals surface area (Å²) in [5, 5.41) is 0.689. The first-order valence-corrected chi connectivity index (χ1v) is 11.6. The van der Waals surface area contributed by atoms with Crippen LogP contribution in [0.3, 0.4) is 0 Å². The molecule has 0 unspecified atom stereocenters. The highest BCUT2D eigenvalue weighted by molar-refractivity contribution is 6.16. The minimum Gasteiger partial charge on any atom is -0.383 e. The molecule has 5 rings (SSSR count). The number of nitrogens with zero attached hydrogens (tertiary/aromatic N) is 5. The number of fused-ring (bicyclic) bond motifs is 1. The fourth-order valence-corrected chi connectivity index (χ4v) is 4.21. The van der Waals surface area contributed by atoms with E-state index < -0.39 is 0 Å². The Hall–Kier alpha value is -4.49. The van der Waals surface area contributed by atoms with Crippen LogP contribution in [-0.4, -0.2) is 44.7 Å². The minimum atomic E-state index is -0.163. The van der Waals surface area contributed by atoms with E-state index in [1.54, 1.807) is 31.8 Å². The summed E-state index contributed by atoms with van der Waals surface area (Å²) in [5.41, 5.74) is 5.01. The fourth-order valence-electron chi connectivity index (χ4n) is 4.21. The molecule has 1 atom stereocenters. The van der Waals surface area contributed by atoms with Crippen LogP contribution in [0.15, 0.2) is 103 Å². The maximum atomic E-state index is 13.6. The van der Waals surface area contributed by atoms with Crippen molar-refractivity contribution in [1.82, 2.24) is 19.5 Å². The van der Waals surface area contributed by atoms with Gasteiger partial charge >= 0.3 is 0 Å². The predicted molar refractivity (Wildman–Crippen MR) is 140 cm³/mol. The molecule has 0 radical (unpaired) electrons. The van der Waals surface area contributed by atoms with Crippen molar-refractivity contribution in [3.63, 3.8) is 0 Å². The zero-order valence-corrected chi connectivity index (χ0v) is 20.1. The highest BCUT2D eigenvalue weighted by atomic mass is 16.5. The van der Waals surface area contributed by atoms with Gasteiger partial charge in [0.25, 0.3) is 0 Å². The molecule has 0 aliphatic heterocycles. The van der Waals surface area contributed by atoms with Gasteiger partial charge in [0.05, 0.1) is 35.8 Å². The van der Waals surface area contributed by atoms with E-state index in [-0.39, 0.29) is 11.8 Å². The van der Waals surface area contributed by atoms with Gasteiger partial charge < -0.3 is 9.30 Å². The number of aliphatic imine (C=N–C) groups is 1. The number of ketones is 1. The van der Waals surface area contributed by atoms with Crippen molar-refractivity contribution in [2.24, 2.45) is 4.99 Å². The molecule has 0 N–H and O–H groups in total. The molecule has 0 aliphatic rings. The minimum absolute atomic E-state index is 0.00214. The summed E-state index contributed by atoms with van der Waals surface area (Å²) in [4.78, 5) is 31.5. The van der Waals surface area contributed by atoms with Crippen molar-refractivity contribution in [1.29, 1.82) is 0 Å². The van der Waals surface area contributed by atoms with Crippen LogP contribution in [0.25, 0.3) is 11.0 Å². The van der Waals surface area contributed by atoms with E-state index in [0.717, 1.165) is 16.8 Å². The topological polar surface area (TPSA) is 82.3 Å². The second-order valence-electron chi connectivity index (χ2n) is 8.47. The Morgan fingerprint density at radius 3 is 2.31 bits per heavy atom. The van der Waals surface area contributed by atoms with Gasteiger partial charge in [0.15, 0.2) is 5.78 Å². The Morgan fingerprint density at radius 1 is 0.944 bits per heavy atom. The lowest BCUT2D eigenvalue weighted by Gasteiger charge is -2.12. The monoisotopic (exact) mass is 475 g/mol. The third kappa shape index (κ3) is 4.69. The van der Waals surface area contributed by atoms with Crippen LogP contribution in [0, 0.1) is 0 Å². The quantitative estimate of drug-likeness (QED) is 0.221. The van der Waals surface area contributed by atoms with Gasteiger partial charge in [-0.3, -0.25) is 9.78 Å². The molecule has 3 aromatic heterocycles. The van der Waals surface area contributed by atoms with E-state index in [9.17, 15) is 4.79 Å². The molecule has 7 nitrogen and oxygen atoms in total. The van der Waals surface area contributed by atoms with Crippen LogP contribution in [0.1, 0.15) is 40.0 Å². The third-order valence-electron chi connectivity index (χ3n) is 5.94. The van der Waals surface area contributed by atoms with Gasteiger partial charge in [-0.1, -0.05) is 60.7 Å². The van der Waals surface area contributed by atoms with E-state index in [4.69, 9.17) is 9.73 Å². The maximum Gasteiger partial charge on any atom is 0.196 e. The summed E-state index contributed by atoms with van der Waals surface area (Å²) in [5.74, 6) is -0.163. The summed E-state index contributed by atoms with van der Waals surface area (Å²) in [6.07, 6.45) is 8.20. The maximum absolute atomic E-state index is 13.6.